The van der Waals surface area contributed by atoms with E-state index in [1.54, 1.807) is 35.3 Å². The number of aromatic nitrogens is 2. The van der Waals surface area contributed by atoms with E-state index in [9.17, 15) is 4.79 Å². The molecule has 0 fully saturated rings. The first kappa shape index (κ1) is 17.8. The molecule has 6 heteroatoms. The minimum Gasteiger partial charge on any atom is -0.342 e. The molecule has 0 unspecified atom stereocenters. The molecule has 0 aliphatic rings. The number of likely N-dealkylation sites (N-methyl/N-ethyl adjacent to an activating group) is 1. The number of carbonyl (C=O) groups is 1. The summed E-state index contributed by atoms with van der Waals surface area (Å²) in [5, 5.41) is 0.747. The lowest BCUT2D eigenvalue weighted by molar-refractivity contribution is -0.128. The summed E-state index contributed by atoms with van der Waals surface area (Å²) < 4.78 is 0. The maximum Gasteiger partial charge on any atom is 0.232 e. The molecule has 1 aromatic heterocycles. The van der Waals surface area contributed by atoms with Gasteiger partial charge in [0.15, 0.2) is 0 Å². The van der Waals surface area contributed by atoms with Crippen LogP contribution in [0.15, 0.2) is 42.9 Å². The molecule has 1 atom stereocenters. The van der Waals surface area contributed by atoms with Crippen molar-refractivity contribution in [3.05, 3.63) is 59.1 Å². The van der Waals surface area contributed by atoms with Crippen molar-refractivity contribution in [3.63, 3.8) is 0 Å². The Morgan fingerprint density at radius 1 is 1.35 bits per heavy atom. The molecule has 0 aliphatic heterocycles. The summed E-state index contributed by atoms with van der Waals surface area (Å²) in [4.78, 5) is 22.4. The average molecular weight is 350 g/mol. The number of amides is 1. The van der Waals surface area contributed by atoms with Crippen LogP contribution in [0.2, 0.25) is 5.02 Å². The van der Waals surface area contributed by atoms with E-state index in [-0.39, 0.29) is 11.9 Å². The van der Waals surface area contributed by atoms with Gasteiger partial charge in [-0.1, -0.05) is 29.8 Å². The smallest absolute Gasteiger partial charge is 0.232 e. The van der Waals surface area contributed by atoms with Crippen molar-refractivity contribution in [1.82, 2.24) is 14.9 Å². The van der Waals surface area contributed by atoms with E-state index in [0.29, 0.717) is 12.2 Å². The summed E-state index contributed by atoms with van der Waals surface area (Å²) in [6.07, 6.45) is 5.75. The Labute approximate surface area is 146 Å². The van der Waals surface area contributed by atoms with Crippen molar-refractivity contribution in [2.75, 3.05) is 12.8 Å². The molecule has 0 saturated carbocycles. The van der Waals surface area contributed by atoms with Crippen molar-refractivity contribution >= 4 is 29.3 Å². The fraction of sp³-hybridized carbons (Fsp3) is 0.353. The van der Waals surface area contributed by atoms with Crippen LogP contribution >= 0.6 is 23.4 Å². The summed E-state index contributed by atoms with van der Waals surface area (Å²) >= 11 is 7.70. The molecule has 1 amide bonds. The first-order valence-corrected chi connectivity index (χ1v) is 8.93. The Bertz CT molecular complexity index is 639. The van der Waals surface area contributed by atoms with Crippen molar-refractivity contribution in [2.45, 2.75) is 25.1 Å². The second kappa shape index (κ2) is 8.89. The number of hydrogen-bond donors (Lipinski definition) is 0. The molecule has 0 bridgehead atoms. The van der Waals surface area contributed by atoms with Crippen molar-refractivity contribution in [1.29, 1.82) is 0 Å². The van der Waals surface area contributed by atoms with Gasteiger partial charge in [0.2, 0.25) is 5.91 Å². The molecule has 23 heavy (non-hydrogen) atoms. The summed E-state index contributed by atoms with van der Waals surface area (Å²) in [5.74, 6) is 1.28. The highest BCUT2D eigenvalue weighted by molar-refractivity contribution is 7.99. The third-order valence-electron chi connectivity index (χ3n) is 3.62. The molecule has 0 saturated heterocycles. The third kappa shape index (κ3) is 5.52. The predicted octanol–water partition coefficient (Wildman–Crippen LogP) is 3.45. The van der Waals surface area contributed by atoms with Crippen LogP contribution in [0.1, 0.15) is 18.2 Å². The second-order valence-electron chi connectivity index (χ2n) is 5.34. The summed E-state index contributed by atoms with van der Waals surface area (Å²) in [5.41, 5.74) is 1.95. The third-order valence-corrected chi connectivity index (χ3v) is 4.95. The van der Waals surface area contributed by atoms with Gasteiger partial charge in [-0.15, -0.1) is 11.8 Å². The van der Waals surface area contributed by atoms with Crippen molar-refractivity contribution in [2.24, 2.45) is 0 Å². The minimum absolute atomic E-state index is 0.0834. The largest absolute Gasteiger partial charge is 0.342 e. The maximum absolute atomic E-state index is 12.3. The Kier molecular flexibility index (Phi) is 6.86. The van der Waals surface area contributed by atoms with Gasteiger partial charge in [-0.25, -0.2) is 0 Å². The molecule has 0 radical (unpaired) electrons. The quantitative estimate of drug-likeness (QED) is 0.768. The van der Waals surface area contributed by atoms with Gasteiger partial charge < -0.3 is 4.90 Å². The van der Waals surface area contributed by atoms with E-state index in [1.807, 2.05) is 38.2 Å². The van der Waals surface area contributed by atoms with Crippen LogP contribution in [0.4, 0.5) is 0 Å². The highest BCUT2D eigenvalue weighted by atomic mass is 35.5. The highest BCUT2D eigenvalue weighted by Crippen LogP contribution is 2.21. The highest BCUT2D eigenvalue weighted by Gasteiger charge is 2.16. The van der Waals surface area contributed by atoms with Crippen LogP contribution in [-0.2, 0) is 17.0 Å². The Hall–Kier alpha value is -1.59. The standard InChI is InChI=1S/C17H20ClN3OS/c1-13(9-15-10-19-7-8-20-15)21(2)17(22)12-23-11-14-5-3-4-6-16(14)18/h3-8,10,13H,9,11-12H2,1-2H3/t13-/m0/s1. The van der Waals surface area contributed by atoms with Crippen LogP contribution in [0.25, 0.3) is 0 Å². The number of halogens is 1. The first-order chi connectivity index (χ1) is 11.1. The second-order valence-corrected chi connectivity index (χ2v) is 6.73. The van der Waals surface area contributed by atoms with E-state index in [0.717, 1.165) is 22.0 Å². The molecule has 4 nitrogen and oxygen atoms in total. The topological polar surface area (TPSA) is 46.1 Å². The Morgan fingerprint density at radius 2 is 2.13 bits per heavy atom. The van der Waals surface area contributed by atoms with Gasteiger partial charge in [0.25, 0.3) is 0 Å². The average Bonchev–Trinajstić information content (AvgIpc) is 2.56. The normalized spacial score (nSPS) is 12.0. The van der Waals surface area contributed by atoms with E-state index in [2.05, 4.69) is 9.97 Å². The van der Waals surface area contributed by atoms with E-state index < -0.39 is 0 Å². The number of thioether (sulfide) groups is 1. The van der Waals surface area contributed by atoms with Crippen molar-refractivity contribution in [3.8, 4) is 0 Å². The lowest BCUT2D eigenvalue weighted by Crippen LogP contribution is -2.37. The van der Waals surface area contributed by atoms with Gasteiger partial charge in [-0.3, -0.25) is 14.8 Å². The molecule has 1 heterocycles. The molecule has 0 spiro atoms. The van der Waals surface area contributed by atoms with Gasteiger partial charge in [0.1, 0.15) is 0 Å². The number of carbonyl (C=O) groups excluding carboxylic acids is 1. The zero-order valence-corrected chi connectivity index (χ0v) is 14.8. The zero-order valence-electron chi connectivity index (χ0n) is 13.3. The van der Waals surface area contributed by atoms with E-state index in [4.69, 9.17) is 11.6 Å². The van der Waals surface area contributed by atoms with Gasteiger partial charge in [0, 0.05) is 48.9 Å². The van der Waals surface area contributed by atoms with Crippen molar-refractivity contribution < 1.29 is 4.79 Å². The lowest BCUT2D eigenvalue weighted by Gasteiger charge is -2.24. The monoisotopic (exact) mass is 349 g/mol. The minimum atomic E-state index is 0.0834. The fourth-order valence-corrected chi connectivity index (χ4v) is 3.32. The van der Waals surface area contributed by atoms with Crippen LogP contribution in [-0.4, -0.2) is 39.6 Å². The molecule has 0 aliphatic carbocycles. The molecule has 0 N–H and O–H groups in total. The van der Waals surface area contributed by atoms with Crippen LogP contribution < -0.4 is 0 Å². The SMILES string of the molecule is C[C@@H](Cc1cnccn1)N(C)C(=O)CSCc1ccccc1Cl. The lowest BCUT2D eigenvalue weighted by atomic mass is 10.1. The van der Waals surface area contributed by atoms with Gasteiger partial charge in [-0.05, 0) is 18.6 Å². The van der Waals surface area contributed by atoms with E-state index >= 15 is 0 Å². The molecule has 2 aromatic rings. The number of rotatable bonds is 7. The maximum atomic E-state index is 12.3. The summed E-state index contributed by atoms with van der Waals surface area (Å²) in [7, 11) is 1.83. The molecule has 2 rings (SSSR count). The van der Waals surface area contributed by atoms with Gasteiger partial charge in [0.05, 0.1) is 11.4 Å². The molecular formula is C17H20ClN3OS. The molecule has 1 aromatic carbocycles. The number of benzene rings is 1. The summed E-state index contributed by atoms with van der Waals surface area (Å²) in [6, 6.07) is 7.80. The first-order valence-electron chi connectivity index (χ1n) is 7.39. The van der Waals surface area contributed by atoms with Crippen LogP contribution in [0, 0.1) is 0 Å². The van der Waals surface area contributed by atoms with Crippen LogP contribution in [0.5, 0.6) is 0 Å². The summed E-state index contributed by atoms with van der Waals surface area (Å²) in [6.45, 7) is 2.02. The number of hydrogen-bond acceptors (Lipinski definition) is 4. The van der Waals surface area contributed by atoms with E-state index in [1.165, 1.54) is 0 Å². The Balaban J connectivity index is 1.79. The molecule has 122 valence electrons. The zero-order chi connectivity index (χ0) is 16.7. The number of nitrogens with zero attached hydrogens (tertiary/aromatic N) is 3. The van der Waals surface area contributed by atoms with Gasteiger partial charge >= 0.3 is 0 Å². The van der Waals surface area contributed by atoms with Gasteiger partial charge in [-0.2, -0.15) is 0 Å². The van der Waals surface area contributed by atoms with Crippen LogP contribution in [0.3, 0.4) is 0 Å². The predicted molar refractivity (Wildman–Crippen MR) is 95.6 cm³/mol. The molecular weight excluding hydrogens is 330 g/mol. The Morgan fingerprint density at radius 3 is 2.83 bits per heavy atom. The fourth-order valence-electron chi connectivity index (χ4n) is 2.09.